The summed E-state index contributed by atoms with van der Waals surface area (Å²) in [6.07, 6.45) is 0. The Balaban J connectivity index is 0.000000141. The minimum absolute atomic E-state index is 0.0556. The third-order valence-corrected chi connectivity index (χ3v) is 3.79. The van der Waals surface area contributed by atoms with Crippen LogP contribution in [0.2, 0.25) is 0 Å². The van der Waals surface area contributed by atoms with Gasteiger partial charge in [0.2, 0.25) is 0 Å². The largest absolute Gasteiger partial charge is 0.545 e. The number of benzene rings is 3. The second-order valence-electron chi connectivity index (χ2n) is 5.24. The van der Waals surface area contributed by atoms with E-state index in [4.69, 9.17) is 0 Å². The van der Waals surface area contributed by atoms with Crippen LogP contribution in [0.25, 0.3) is 22.3 Å². The second-order valence-corrected chi connectivity index (χ2v) is 5.24. The summed E-state index contributed by atoms with van der Waals surface area (Å²) in [5.41, 5.74) is 5.47. The molecule has 0 aliphatic heterocycles. The quantitative estimate of drug-likeness (QED) is 0.564. The van der Waals surface area contributed by atoms with E-state index in [-0.39, 0.29) is 11.1 Å². The van der Waals surface area contributed by atoms with Crippen LogP contribution in [-0.4, -0.2) is 11.9 Å². The fraction of sp³-hybridized carbons (Fsp3) is 0. The highest BCUT2D eigenvalue weighted by Crippen LogP contribution is 2.46. The van der Waals surface area contributed by atoms with Crippen molar-refractivity contribution >= 4 is 11.9 Å². The average molecular weight is 316 g/mol. The number of aromatic carboxylic acids is 2. The highest BCUT2D eigenvalue weighted by molar-refractivity contribution is 6.02. The fourth-order valence-corrected chi connectivity index (χ4v) is 2.59. The maximum Gasteiger partial charge on any atom is 0.0715 e. The summed E-state index contributed by atoms with van der Waals surface area (Å²) in [5.74, 6) is -2.67. The van der Waals surface area contributed by atoms with Crippen molar-refractivity contribution in [1.82, 2.24) is 0 Å². The van der Waals surface area contributed by atoms with E-state index in [0.29, 0.717) is 0 Å². The number of carbonyl (C=O) groups excluding carboxylic acids is 2. The molecule has 4 rings (SSSR count). The summed E-state index contributed by atoms with van der Waals surface area (Å²) < 4.78 is 0. The Bertz CT molecular complexity index is 778. The molecule has 0 spiro atoms. The molecule has 0 saturated heterocycles. The highest BCUT2D eigenvalue weighted by Gasteiger charge is 2.19. The Hall–Kier alpha value is -3.40. The van der Waals surface area contributed by atoms with Crippen LogP contribution < -0.4 is 10.2 Å². The molecule has 0 saturated carbocycles. The molecule has 0 amide bonds. The van der Waals surface area contributed by atoms with E-state index in [1.54, 1.807) is 0 Å². The first-order valence-electron chi connectivity index (χ1n) is 7.29. The van der Waals surface area contributed by atoms with E-state index in [1.165, 1.54) is 22.3 Å². The van der Waals surface area contributed by atoms with Crippen molar-refractivity contribution in [3.8, 4) is 22.3 Å². The standard InChI is InChI=1S/C12H8.C8H6O4/c1-2-6-10-9(5-1)11-7-3-4-8-12(10)11;9-7(10)5-1-2-6(4-3-5)8(11)12/h1-8H;1-4H,(H,9,10)(H,11,12)/p-2. The highest BCUT2D eigenvalue weighted by atomic mass is 16.4. The SMILES string of the molecule is O=C([O-])c1ccc(C(=O)[O-])cc1.c1ccc2c(c1)-c1ccccc1-2. The molecule has 24 heavy (non-hydrogen) atoms. The Morgan fingerprint density at radius 1 is 0.500 bits per heavy atom. The van der Waals surface area contributed by atoms with E-state index < -0.39 is 11.9 Å². The molecule has 0 unspecified atom stereocenters. The van der Waals surface area contributed by atoms with E-state index in [2.05, 4.69) is 48.5 Å². The summed E-state index contributed by atoms with van der Waals surface area (Å²) in [6, 6.07) is 21.7. The number of carboxylic acid groups (broad SMARTS) is 2. The van der Waals surface area contributed by atoms with E-state index in [0.717, 1.165) is 24.3 Å². The van der Waals surface area contributed by atoms with Gasteiger partial charge in [0, 0.05) is 0 Å². The van der Waals surface area contributed by atoms with Crippen molar-refractivity contribution in [2.75, 3.05) is 0 Å². The van der Waals surface area contributed by atoms with Crippen LogP contribution in [0.4, 0.5) is 0 Å². The number of carbonyl (C=O) groups is 2. The number of rotatable bonds is 2. The van der Waals surface area contributed by atoms with Crippen LogP contribution in [0.15, 0.2) is 72.8 Å². The molecule has 0 heterocycles. The zero-order chi connectivity index (χ0) is 17.1. The van der Waals surface area contributed by atoms with Crippen molar-refractivity contribution in [1.29, 1.82) is 0 Å². The van der Waals surface area contributed by atoms with Gasteiger partial charge in [-0.05, 0) is 33.4 Å². The molecule has 3 aromatic carbocycles. The third kappa shape index (κ3) is 2.90. The van der Waals surface area contributed by atoms with E-state index in [9.17, 15) is 19.8 Å². The molecule has 0 aromatic heterocycles. The van der Waals surface area contributed by atoms with E-state index in [1.807, 2.05) is 0 Å². The Labute approximate surface area is 138 Å². The minimum atomic E-state index is -1.33. The lowest BCUT2D eigenvalue weighted by molar-refractivity contribution is -0.256. The number of hydrogen-bond acceptors (Lipinski definition) is 4. The first-order chi connectivity index (χ1) is 11.6. The summed E-state index contributed by atoms with van der Waals surface area (Å²) in [5, 5.41) is 20.4. The molecular weight excluding hydrogens is 304 g/mol. The van der Waals surface area contributed by atoms with Gasteiger partial charge in [0.05, 0.1) is 11.9 Å². The molecule has 4 nitrogen and oxygen atoms in total. The minimum Gasteiger partial charge on any atom is -0.545 e. The molecule has 1 aliphatic carbocycles. The predicted molar refractivity (Wildman–Crippen MR) is 86.0 cm³/mol. The van der Waals surface area contributed by atoms with Crippen molar-refractivity contribution in [2.24, 2.45) is 0 Å². The lowest BCUT2D eigenvalue weighted by Gasteiger charge is -2.22. The molecule has 0 N–H and O–H groups in total. The Kier molecular flexibility index (Phi) is 4.12. The van der Waals surface area contributed by atoms with Gasteiger partial charge in [0.15, 0.2) is 0 Å². The van der Waals surface area contributed by atoms with Crippen molar-refractivity contribution < 1.29 is 19.8 Å². The zero-order valence-corrected chi connectivity index (χ0v) is 12.6. The summed E-state index contributed by atoms with van der Waals surface area (Å²) in [4.78, 5) is 20.4. The number of carboxylic acids is 2. The Morgan fingerprint density at radius 3 is 0.958 bits per heavy atom. The summed E-state index contributed by atoms with van der Waals surface area (Å²) >= 11 is 0. The molecule has 4 heteroatoms. The summed E-state index contributed by atoms with van der Waals surface area (Å²) in [7, 11) is 0. The first-order valence-corrected chi connectivity index (χ1v) is 7.29. The molecule has 3 aromatic rings. The number of fused-ring (bicyclic) bond motifs is 4. The van der Waals surface area contributed by atoms with Gasteiger partial charge < -0.3 is 19.8 Å². The van der Waals surface area contributed by atoms with Gasteiger partial charge in [-0.15, -0.1) is 0 Å². The van der Waals surface area contributed by atoms with E-state index >= 15 is 0 Å². The lowest BCUT2D eigenvalue weighted by atomic mass is 9.81. The predicted octanol–water partition coefficient (Wildman–Crippen LogP) is 1.75. The monoisotopic (exact) mass is 316 g/mol. The van der Waals surface area contributed by atoms with Gasteiger partial charge in [-0.2, -0.15) is 0 Å². The topological polar surface area (TPSA) is 80.3 Å². The lowest BCUT2D eigenvalue weighted by Crippen LogP contribution is -2.24. The van der Waals surface area contributed by atoms with Crippen molar-refractivity contribution in [3.05, 3.63) is 83.9 Å². The van der Waals surface area contributed by atoms with Gasteiger partial charge in [0.1, 0.15) is 0 Å². The van der Waals surface area contributed by atoms with Crippen LogP contribution in [-0.2, 0) is 0 Å². The van der Waals surface area contributed by atoms with Crippen LogP contribution in [0.1, 0.15) is 20.7 Å². The van der Waals surface area contributed by atoms with Crippen molar-refractivity contribution in [3.63, 3.8) is 0 Å². The van der Waals surface area contributed by atoms with Crippen LogP contribution in [0.3, 0.4) is 0 Å². The molecule has 118 valence electrons. The van der Waals surface area contributed by atoms with Gasteiger partial charge in [-0.1, -0.05) is 72.8 Å². The first kappa shape index (κ1) is 15.5. The molecule has 1 aliphatic rings. The van der Waals surface area contributed by atoms with Gasteiger partial charge in [0.25, 0.3) is 0 Å². The van der Waals surface area contributed by atoms with Gasteiger partial charge in [-0.3, -0.25) is 0 Å². The van der Waals surface area contributed by atoms with Crippen LogP contribution in [0, 0.1) is 0 Å². The van der Waals surface area contributed by atoms with Crippen LogP contribution >= 0.6 is 0 Å². The van der Waals surface area contributed by atoms with Crippen molar-refractivity contribution in [2.45, 2.75) is 0 Å². The van der Waals surface area contributed by atoms with Crippen LogP contribution in [0.5, 0.6) is 0 Å². The second kappa shape index (κ2) is 6.38. The molecular formula is C20H12O4-2. The maximum absolute atomic E-state index is 10.2. The molecule has 0 atom stereocenters. The normalized spacial score (nSPS) is 10.3. The molecule has 0 fully saturated rings. The number of hydrogen-bond donors (Lipinski definition) is 0. The molecule has 0 radical (unpaired) electrons. The maximum atomic E-state index is 10.2. The molecule has 0 bridgehead atoms. The zero-order valence-electron chi connectivity index (χ0n) is 12.6. The summed E-state index contributed by atoms with van der Waals surface area (Å²) in [6.45, 7) is 0. The van der Waals surface area contributed by atoms with Gasteiger partial charge >= 0.3 is 0 Å². The van der Waals surface area contributed by atoms with Gasteiger partial charge in [-0.25, -0.2) is 0 Å². The fourth-order valence-electron chi connectivity index (χ4n) is 2.59. The third-order valence-electron chi connectivity index (χ3n) is 3.79. The smallest absolute Gasteiger partial charge is 0.0715 e. The Morgan fingerprint density at radius 2 is 0.750 bits per heavy atom. The average Bonchev–Trinajstić information content (AvgIpc) is 2.60.